The van der Waals surface area contributed by atoms with Crippen LogP contribution in [0.15, 0.2) is 10.6 Å². The number of nitrogens with zero attached hydrogens (tertiary/aromatic N) is 1. The Morgan fingerprint density at radius 2 is 2.18 bits per heavy atom. The molecule has 1 heterocycles. The van der Waals surface area contributed by atoms with Gasteiger partial charge in [-0.3, -0.25) is 0 Å². The number of rotatable bonds is 1. The molecule has 0 spiro atoms. The van der Waals surface area contributed by atoms with E-state index in [1.54, 1.807) is 0 Å². The lowest BCUT2D eigenvalue weighted by molar-refractivity contribution is -0.282. The zero-order valence-corrected chi connectivity index (χ0v) is 5.47. The van der Waals surface area contributed by atoms with Crippen molar-refractivity contribution < 1.29 is 22.3 Å². The summed E-state index contributed by atoms with van der Waals surface area (Å²) < 4.78 is 42.0. The molecular weight excluding hydrogens is 163 g/mol. The van der Waals surface area contributed by atoms with Crippen molar-refractivity contribution in [3.05, 3.63) is 12.0 Å². The van der Waals surface area contributed by atoms with Crippen molar-refractivity contribution in [2.75, 3.05) is 0 Å². The Morgan fingerprint density at radius 1 is 1.55 bits per heavy atom. The Labute approximate surface area is 59.8 Å². The van der Waals surface area contributed by atoms with Gasteiger partial charge in [-0.2, -0.15) is 4.98 Å². The zero-order valence-electron chi connectivity index (χ0n) is 5.47. The van der Waals surface area contributed by atoms with Crippen LogP contribution in [0.3, 0.4) is 0 Å². The molecule has 0 amide bonds. The summed E-state index contributed by atoms with van der Waals surface area (Å²) in [4.78, 5) is 3.19. The van der Waals surface area contributed by atoms with Crippen LogP contribution in [0, 0.1) is 6.92 Å². The largest absolute Gasteiger partial charge is 0.576 e. The fourth-order valence-electron chi connectivity index (χ4n) is 0.480. The first kappa shape index (κ1) is 7.90. The Kier molecular flexibility index (Phi) is 1.76. The Balaban J connectivity index is 2.65. The van der Waals surface area contributed by atoms with Gasteiger partial charge in [0.15, 0.2) is 0 Å². The number of ether oxygens (including phenoxy) is 1. The fraction of sp³-hybridized carbons (Fsp3) is 0.400. The highest BCUT2D eigenvalue weighted by molar-refractivity contribution is 4.94. The van der Waals surface area contributed by atoms with Gasteiger partial charge in [0.1, 0.15) is 5.76 Å². The molecule has 0 bridgehead atoms. The maximum atomic E-state index is 11.4. The molecule has 0 unspecified atom stereocenters. The number of hydrogen-bond acceptors (Lipinski definition) is 3. The maximum absolute atomic E-state index is 11.4. The van der Waals surface area contributed by atoms with Gasteiger partial charge in [-0.15, -0.1) is 13.2 Å². The van der Waals surface area contributed by atoms with Crippen LogP contribution in [0.2, 0.25) is 0 Å². The quantitative estimate of drug-likeness (QED) is 0.640. The van der Waals surface area contributed by atoms with Crippen molar-refractivity contribution in [2.24, 2.45) is 0 Å². The minimum Gasteiger partial charge on any atom is -0.414 e. The molecule has 0 radical (unpaired) electrons. The van der Waals surface area contributed by atoms with Gasteiger partial charge in [0.05, 0.1) is 6.20 Å². The summed E-state index contributed by atoms with van der Waals surface area (Å²) in [7, 11) is 0. The Bertz CT molecular complexity index is 242. The molecule has 1 aromatic heterocycles. The van der Waals surface area contributed by atoms with Crippen LogP contribution in [-0.4, -0.2) is 11.3 Å². The van der Waals surface area contributed by atoms with Gasteiger partial charge < -0.3 is 9.15 Å². The summed E-state index contributed by atoms with van der Waals surface area (Å²) in [5.41, 5.74) is 0. The van der Waals surface area contributed by atoms with Crippen molar-refractivity contribution in [1.82, 2.24) is 4.98 Å². The molecule has 1 rings (SSSR count). The average Bonchev–Trinajstić information content (AvgIpc) is 2.10. The van der Waals surface area contributed by atoms with Crippen LogP contribution in [0.4, 0.5) is 13.2 Å². The summed E-state index contributed by atoms with van der Waals surface area (Å²) in [6.45, 7) is 1.47. The predicted octanol–water partition coefficient (Wildman–Crippen LogP) is 1.88. The first-order chi connectivity index (χ1) is 4.97. The topological polar surface area (TPSA) is 35.3 Å². The van der Waals surface area contributed by atoms with Crippen LogP contribution < -0.4 is 4.74 Å². The average molecular weight is 167 g/mol. The van der Waals surface area contributed by atoms with Crippen molar-refractivity contribution in [2.45, 2.75) is 13.3 Å². The monoisotopic (exact) mass is 167 g/mol. The van der Waals surface area contributed by atoms with Gasteiger partial charge in [-0.05, 0) is 6.92 Å². The highest BCUT2D eigenvalue weighted by Gasteiger charge is 2.33. The molecule has 0 aliphatic heterocycles. The highest BCUT2D eigenvalue weighted by Crippen LogP contribution is 2.21. The van der Waals surface area contributed by atoms with E-state index in [2.05, 4.69) is 14.1 Å². The van der Waals surface area contributed by atoms with Crippen LogP contribution in [0.1, 0.15) is 5.76 Å². The van der Waals surface area contributed by atoms with E-state index in [0.717, 1.165) is 6.20 Å². The SMILES string of the molecule is Cc1cnc(OC(F)(F)F)o1. The van der Waals surface area contributed by atoms with Crippen LogP contribution in [0.5, 0.6) is 6.08 Å². The standard InChI is InChI=1S/C5H4F3NO2/c1-3-2-9-4(10-3)11-5(6,7)8/h2H,1H3. The molecule has 0 atom stereocenters. The smallest absolute Gasteiger partial charge is 0.414 e. The molecule has 0 N–H and O–H groups in total. The Hall–Kier alpha value is -1.20. The molecule has 3 nitrogen and oxygen atoms in total. The van der Waals surface area contributed by atoms with E-state index >= 15 is 0 Å². The third-order valence-electron chi connectivity index (χ3n) is 0.803. The van der Waals surface area contributed by atoms with Gasteiger partial charge in [0.2, 0.25) is 0 Å². The van der Waals surface area contributed by atoms with Gasteiger partial charge in [0, 0.05) is 0 Å². The van der Waals surface area contributed by atoms with E-state index in [9.17, 15) is 13.2 Å². The molecule has 0 saturated heterocycles. The molecule has 0 aliphatic carbocycles. The third-order valence-corrected chi connectivity index (χ3v) is 0.803. The molecular formula is C5H4F3NO2. The highest BCUT2D eigenvalue weighted by atomic mass is 19.4. The predicted molar refractivity (Wildman–Crippen MR) is 27.9 cm³/mol. The number of alkyl halides is 3. The molecule has 6 heteroatoms. The molecule has 0 saturated carbocycles. The summed E-state index contributed by atoms with van der Waals surface area (Å²) in [5.74, 6) is 0.268. The van der Waals surface area contributed by atoms with E-state index in [4.69, 9.17) is 0 Å². The summed E-state index contributed by atoms with van der Waals surface area (Å²) in [6.07, 6.45) is -4.38. The van der Waals surface area contributed by atoms with Gasteiger partial charge in [0.25, 0.3) is 0 Å². The maximum Gasteiger partial charge on any atom is 0.576 e. The summed E-state index contributed by atoms with van der Waals surface area (Å²) >= 11 is 0. The van der Waals surface area contributed by atoms with Crippen LogP contribution in [0.25, 0.3) is 0 Å². The molecule has 62 valence electrons. The second kappa shape index (κ2) is 2.44. The van der Waals surface area contributed by atoms with E-state index in [1.807, 2.05) is 0 Å². The summed E-state index contributed by atoms with van der Waals surface area (Å²) in [6, 6.07) is 0. The van der Waals surface area contributed by atoms with Gasteiger partial charge in [-0.1, -0.05) is 0 Å². The van der Waals surface area contributed by atoms with E-state index in [1.165, 1.54) is 6.92 Å². The lowest BCUT2D eigenvalue weighted by Crippen LogP contribution is -2.17. The third kappa shape index (κ3) is 2.48. The van der Waals surface area contributed by atoms with E-state index < -0.39 is 12.4 Å². The number of aryl methyl sites for hydroxylation is 1. The normalized spacial score (nSPS) is 11.6. The molecule has 11 heavy (non-hydrogen) atoms. The summed E-state index contributed by atoms with van der Waals surface area (Å²) in [5, 5.41) is 0. The minimum atomic E-state index is -4.74. The Morgan fingerprint density at radius 3 is 2.55 bits per heavy atom. The van der Waals surface area contributed by atoms with Gasteiger partial charge >= 0.3 is 12.4 Å². The first-order valence-corrected chi connectivity index (χ1v) is 2.65. The van der Waals surface area contributed by atoms with Crippen molar-refractivity contribution in [1.29, 1.82) is 0 Å². The van der Waals surface area contributed by atoms with E-state index in [-0.39, 0.29) is 5.76 Å². The zero-order chi connectivity index (χ0) is 8.48. The van der Waals surface area contributed by atoms with Crippen LogP contribution >= 0.6 is 0 Å². The van der Waals surface area contributed by atoms with Crippen LogP contribution in [-0.2, 0) is 0 Å². The lowest BCUT2D eigenvalue weighted by Gasteiger charge is -2.02. The number of halogens is 3. The van der Waals surface area contributed by atoms with Crippen molar-refractivity contribution >= 4 is 0 Å². The van der Waals surface area contributed by atoms with E-state index in [0.29, 0.717) is 0 Å². The first-order valence-electron chi connectivity index (χ1n) is 2.65. The number of aromatic nitrogens is 1. The molecule has 0 fully saturated rings. The molecule has 0 aromatic carbocycles. The fourth-order valence-corrected chi connectivity index (χ4v) is 0.480. The number of hydrogen-bond donors (Lipinski definition) is 0. The number of oxazole rings is 1. The second-order valence-corrected chi connectivity index (χ2v) is 1.78. The van der Waals surface area contributed by atoms with Gasteiger partial charge in [-0.25, -0.2) is 0 Å². The molecule has 0 aliphatic rings. The van der Waals surface area contributed by atoms with Crippen molar-refractivity contribution in [3.63, 3.8) is 0 Å². The minimum absolute atomic E-state index is 0.268. The second-order valence-electron chi connectivity index (χ2n) is 1.78. The van der Waals surface area contributed by atoms with Crippen molar-refractivity contribution in [3.8, 4) is 6.08 Å². The molecule has 1 aromatic rings. The lowest BCUT2D eigenvalue weighted by atomic mass is 10.6.